The van der Waals surface area contributed by atoms with Crippen LogP contribution in [0.1, 0.15) is 28.8 Å². The molecule has 3 aromatic carbocycles. The molecule has 178 valence electrons. The van der Waals surface area contributed by atoms with Crippen LogP contribution in [0.15, 0.2) is 71.9 Å². The molecule has 1 saturated heterocycles. The van der Waals surface area contributed by atoms with Gasteiger partial charge in [0.05, 0.1) is 23.1 Å². The Bertz CT molecular complexity index is 1390. The first kappa shape index (κ1) is 23.0. The molecule has 0 aliphatic carbocycles. The van der Waals surface area contributed by atoms with Gasteiger partial charge < -0.3 is 19.9 Å². The molecule has 1 aromatic heterocycles. The van der Waals surface area contributed by atoms with Gasteiger partial charge in [0.15, 0.2) is 5.16 Å². The molecule has 1 aliphatic rings. The number of urea groups is 1. The van der Waals surface area contributed by atoms with Gasteiger partial charge in [0, 0.05) is 18.8 Å². The molecule has 2 heterocycles. The van der Waals surface area contributed by atoms with Crippen LogP contribution < -0.4 is 5.32 Å². The number of amides is 2. The predicted molar refractivity (Wildman–Crippen MR) is 139 cm³/mol. The van der Waals surface area contributed by atoms with Gasteiger partial charge in [0.2, 0.25) is 0 Å². The van der Waals surface area contributed by atoms with Gasteiger partial charge in [-0.15, -0.1) is 0 Å². The number of likely N-dealkylation sites (tertiary alicyclic amines) is 1. The lowest BCUT2D eigenvalue weighted by Gasteiger charge is -2.17. The third-order valence-electron chi connectivity index (χ3n) is 6.32. The number of rotatable bonds is 6. The Morgan fingerprint density at radius 3 is 2.51 bits per heavy atom. The van der Waals surface area contributed by atoms with E-state index in [1.807, 2.05) is 82.5 Å². The van der Waals surface area contributed by atoms with E-state index < -0.39 is 5.97 Å². The number of anilines is 1. The van der Waals surface area contributed by atoms with Crippen LogP contribution in [0.3, 0.4) is 0 Å². The average Bonchev–Trinajstić information content (AvgIpc) is 3.53. The van der Waals surface area contributed by atoms with E-state index in [0.29, 0.717) is 23.4 Å². The molecular formula is C27H26N4O3S. The fourth-order valence-electron chi connectivity index (χ4n) is 4.62. The number of carbonyl (C=O) groups excluding carboxylic acids is 1. The number of nitrogens with one attached hydrogen (secondary N) is 1. The summed E-state index contributed by atoms with van der Waals surface area (Å²) in [6.45, 7) is 1.90. The van der Waals surface area contributed by atoms with Crippen molar-refractivity contribution in [3.63, 3.8) is 0 Å². The van der Waals surface area contributed by atoms with Crippen molar-refractivity contribution < 1.29 is 14.7 Å². The second-order valence-corrected chi connectivity index (χ2v) is 9.30. The minimum absolute atomic E-state index is 0.0956. The molecule has 2 amide bonds. The first-order valence-electron chi connectivity index (χ1n) is 11.6. The van der Waals surface area contributed by atoms with Crippen molar-refractivity contribution in [2.45, 2.75) is 24.5 Å². The summed E-state index contributed by atoms with van der Waals surface area (Å²) in [6, 6.07) is 20.7. The smallest absolute Gasteiger partial charge is 0.336 e. The Balaban J connectivity index is 1.54. The molecule has 0 spiro atoms. The number of fused-ring (bicyclic) bond motifs is 1. The topological polar surface area (TPSA) is 87.5 Å². The molecule has 4 aromatic rings. The second kappa shape index (κ2) is 9.84. The van der Waals surface area contributed by atoms with E-state index in [-0.39, 0.29) is 11.6 Å². The number of hydrogen-bond donors (Lipinski definition) is 2. The minimum Gasteiger partial charge on any atom is -0.478 e. The summed E-state index contributed by atoms with van der Waals surface area (Å²) in [5, 5.41) is 13.9. The molecule has 1 aliphatic heterocycles. The normalized spacial score (nSPS) is 13.3. The van der Waals surface area contributed by atoms with Crippen molar-refractivity contribution in [2.24, 2.45) is 0 Å². The van der Waals surface area contributed by atoms with Crippen LogP contribution in [0.2, 0.25) is 0 Å². The number of nitrogens with zero attached hydrogens (tertiary/aromatic N) is 3. The highest BCUT2D eigenvalue weighted by Gasteiger charge is 2.21. The van der Waals surface area contributed by atoms with Gasteiger partial charge in [-0.3, -0.25) is 0 Å². The lowest BCUT2D eigenvalue weighted by molar-refractivity contribution is 0.0696. The summed E-state index contributed by atoms with van der Waals surface area (Å²) >= 11 is 1.50. The third-order valence-corrected chi connectivity index (χ3v) is 7.00. The quantitative estimate of drug-likeness (QED) is 0.336. The highest BCUT2D eigenvalue weighted by atomic mass is 32.2. The summed E-state index contributed by atoms with van der Waals surface area (Å²) in [5.74, 6) is -0.965. The van der Waals surface area contributed by atoms with Gasteiger partial charge in [-0.2, -0.15) is 0 Å². The molecule has 0 atom stereocenters. The van der Waals surface area contributed by atoms with Gasteiger partial charge >= 0.3 is 12.0 Å². The van der Waals surface area contributed by atoms with Crippen LogP contribution in [0.4, 0.5) is 10.5 Å². The van der Waals surface area contributed by atoms with Crippen molar-refractivity contribution in [3.8, 4) is 11.1 Å². The van der Waals surface area contributed by atoms with Crippen molar-refractivity contribution in [1.82, 2.24) is 14.5 Å². The van der Waals surface area contributed by atoms with Crippen LogP contribution in [-0.4, -0.2) is 50.9 Å². The van der Waals surface area contributed by atoms with E-state index in [9.17, 15) is 14.7 Å². The molecule has 5 rings (SSSR count). The summed E-state index contributed by atoms with van der Waals surface area (Å²) in [6.07, 6.45) is 4.01. The second-order valence-electron chi connectivity index (χ2n) is 8.52. The van der Waals surface area contributed by atoms with Crippen LogP contribution >= 0.6 is 11.8 Å². The summed E-state index contributed by atoms with van der Waals surface area (Å²) in [5.41, 5.74) is 4.86. The summed E-state index contributed by atoms with van der Waals surface area (Å²) in [4.78, 5) is 31.5. The number of thioether (sulfide) groups is 1. The predicted octanol–water partition coefficient (Wildman–Crippen LogP) is 5.80. The Morgan fingerprint density at radius 1 is 1.03 bits per heavy atom. The van der Waals surface area contributed by atoms with Gasteiger partial charge in [-0.1, -0.05) is 60.3 Å². The highest BCUT2D eigenvalue weighted by molar-refractivity contribution is 7.98. The average molecular weight is 487 g/mol. The molecule has 0 bridgehead atoms. The van der Waals surface area contributed by atoms with Crippen LogP contribution in [0.5, 0.6) is 0 Å². The van der Waals surface area contributed by atoms with E-state index >= 15 is 0 Å². The Kier molecular flexibility index (Phi) is 6.46. The first-order chi connectivity index (χ1) is 17.0. The fraction of sp³-hybridized carbons (Fsp3) is 0.222. The van der Waals surface area contributed by atoms with Crippen LogP contribution in [0.25, 0.3) is 22.2 Å². The Labute approximate surface area is 207 Å². The maximum absolute atomic E-state index is 12.6. The van der Waals surface area contributed by atoms with E-state index in [1.54, 1.807) is 0 Å². The number of aromatic nitrogens is 2. The summed E-state index contributed by atoms with van der Waals surface area (Å²) < 4.78 is 2.02. The molecule has 0 unspecified atom stereocenters. The maximum atomic E-state index is 12.6. The largest absolute Gasteiger partial charge is 0.478 e. The van der Waals surface area contributed by atoms with Crippen molar-refractivity contribution in [3.05, 3.63) is 77.9 Å². The minimum atomic E-state index is -0.965. The Morgan fingerprint density at radius 2 is 1.80 bits per heavy atom. The zero-order valence-corrected chi connectivity index (χ0v) is 20.2. The lowest BCUT2D eigenvalue weighted by Crippen LogP contribution is -2.32. The molecule has 2 N–H and O–H groups in total. The summed E-state index contributed by atoms with van der Waals surface area (Å²) in [7, 11) is 0. The number of carbonyl (C=O) groups is 2. The number of aromatic carboxylic acids is 1. The van der Waals surface area contributed by atoms with Gasteiger partial charge in [0.1, 0.15) is 0 Å². The number of carboxylic acids is 1. The number of carboxylic acid groups (broad SMARTS) is 1. The van der Waals surface area contributed by atoms with Gasteiger partial charge in [-0.25, -0.2) is 14.6 Å². The van der Waals surface area contributed by atoms with Gasteiger partial charge in [-0.05, 0) is 54.0 Å². The molecule has 0 radical (unpaired) electrons. The highest BCUT2D eigenvalue weighted by Crippen LogP contribution is 2.30. The monoisotopic (exact) mass is 486 g/mol. The zero-order chi connectivity index (χ0) is 24.4. The number of benzene rings is 3. The zero-order valence-electron chi connectivity index (χ0n) is 19.4. The van der Waals surface area contributed by atoms with Crippen LogP contribution in [-0.2, 0) is 6.54 Å². The van der Waals surface area contributed by atoms with E-state index in [2.05, 4.69) is 5.32 Å². The molecule has 1 fully saturated rings. The first-order valence-corrected chi connectivity index (χ1v) is 12.8. The number of imidazole rings is 1. The van der Waals surface area contributed by atoms with Gasteiger partial charge in [0.25, 0.3) is 0 Å². The number of hydrogen-bond acceptors (Lipinski definition) is 4. The molecule has 0 saturated carbocycles. The maximum Gasteiger partial charge on any atom is 0.336 e. The standard InChI is InChI=1S/C27H26N4O3S/c1-35-27-29-22-13-12-20(28-26(34)30-14-5-6-15-30)16-23(22)31(27)17-19-10-7-11-21(24(19)25(32)33)18-8-3-2-4-9-18/h2-4,7-13,16H,5-6,14-15,17H2,1H3,(H,28,34)(H,32,33). The van der Waals surface area contributed by atoms with Crippen LogP contribution in [0, 0.1) is 0 Å². The Hall–Kier alpha value is -3.78. The molecule has 7 nitrogen and oxygen atoms in total. The molecule has 8 heteroatoms. The van der Waals surface area contributed by atoms with E-state index in [1.165, 1.54) is 11.8 Å². The van der Waals surface area contributed by atoms with Crippen molar-refractivity contribution >= 4 is 40.5 Å². The van der Waals surface area contributed by atoms with E-state index in [4.69, 9.17) is 4.98 Å². The van der Waals surface area contributed by atoms with E-state index in [0.717, 1.165) is 47.7 Å². The van der Waals surface area contributed by atoms with Crippen molar-refractivity contribution in [2.75, 3.05) is 24.7 Å². The van der Waals surface area contributed by atoms with Crippen molar-refractivity contribution in [1.29, 1.82) is 0 Å². The SMILES string of the molecule is CSc1nc2ccc(NC(=O)N3CCCC3)cc2n1Cc1cccc(-c2ccccc2)c1C(=O)O. The lowest BCUT2D eigenvalue weighted by atomic mass is 9.95. The molecular weight excluding hydrogens is 460 g/mol. The fourth-order valence-corrected chi connectivity index (χ4v) is 5.20. The molecule has 35 heavy (non-hydrogen) atoms. The third kappa shape index (κ3) is 4.61.